The van der Waals surface area contributed by atoms with E-state index < -0.39 is 21.1 Å². The van der Waals surface area contributed by atoms with E-state index in [4.69, 9.17) is 0 Å². The van der Waals surface area contributed by atoms with E-state index in [1.54, 1.807) is 6.20 Å². The van der Waals surface area contributed by atoms with Crippen LogP contribution in [-0.4, -0.2) is 41.1 Å². The number of unbranched alkanes of at least 4 members (excludes halogenated alkanes) is 3. The fourth-order valence-electron chi connectivity index (χ4n) is 3.57. The quantitative estimate of drug-likeness (QED) is 0.253. The third-order valence-corrected chi connectivity index (χ3v) is 11.5. The normalized spacial score (nSPS) is 11.9. The van der Waals surface area contributed by atoms with Crippen molar-refractivity contribution in [1.82, 2.24) is 20.0 Å². The van der Waals surface area contributed by atoms with Crippen LogP contribution in [-0.2, 0) is 0 Å². The van der Waals surface area contributed by atoms with Gasteiger partial charge >= 0.3 is 184 Å². The zero-order valence-electron chi connectivity index (χ0n) is 17.3. The Kier molecular flexibility index (Phi) is 9.77. The van der Waals surface area contributed by atoms with E-state index >= 15 is 0 Å². The fraction of sp³-hybridized carbons (Fsp3) is 0.667. The molecule has 6 heteroatoms. The predicted molar refractivity (Wildman–Crippen MR) is 118 cm³/mol. The standard InChI is InChI=1S/C13H27.C8H6BrN4.Sn/c1-4-7-10-13(11-8-5-2)12-9-6-3;1-6-5-11-12-13(6)7-3-2-4-10-8(7)9;/h4-12H2,1-3H3;2-4H,1H3;. The van der Waals surface area contributed by atoms with Gasteiger partial charge in [-0.1, -0.05) is 0 Å². The van der Waals surface area contributed by atoms with Crippen LogP contribution in [0.25, 0.3) is 5.69 Å². The number of halogens is 1. The molecule has 0 spiro atoms. The first-order valence-electron chi connectivity index (χ1n) is 10.4. The number of pyridine rings is 1. The second-order valence-corrected chi connectivity index (χ2v) is 13.3. The fourth-order valence-corrected chi connectivity index (χ4v) is 9.09. The maximum absolute atomic E-state index is 4.68. The molecule has 0 fully saturated rings. The van der Waals surface area contributed by atoms with Crippen molar-refractivity contribution in [3.63, 3.8) is 0 Å². The van der Waals surface area contributed by atoms with Gasteiger partial charge in [0, 0.05) is 0 Å². The average Bonchev–Trinajstić information content (AvgIpc) is 3.03. The molecule has 0 bridgehead atoms. The van der Waals surface area contributed by atoms with Crippen molar-refractivity contribution in [1.29, 1.82) is 0 Å². The van der Waals surface area contributed by atoms with Gasteiger partial charge < -0.3 is 0 Å². The first-order valence-corrected chi connectivity index (χ1v) is 14.0. The molecule has 27 heavy (non-hydrogen) atoms. The van der Waals surface area contributed by atoms with Gasteiger partial charge in [0.15, 0.2) is 0 Å². The van der Waals surface area contributed by atoms with Crippen LogP contribution in [0.15, 0.2) is 22.9 Å². The molecular weight excluding hydrogens is 507 g/mol. The summed E-state index contributed by atoms with van der Waals surface area (Å²) in [6.45, 7) is 9.13. The monoisotopic (exact) mass is 540 g/mol. The van der Waals surface area contributed by atoms with Crippen LogP contribution in [0.5, 0.6) is 0 Å². The molecule has 4 nitrogen and oxygen atoms in total. The van der Waals surface area contributed by atoms with Gasteiger partial charge in [-0.15, -0.1) is 0 Å². The summed E-state index contributed by atoms with van der Waals surface area (Å²) in [6.07, 6.45) is 13.8. The Balaban J connectivity index is 2.31. The molecule has 0 N–H and O–H groups in total. The molecule has 2 heterocycles. The molecule has 0 aliphatic rings. The zero-order chi connectivity index (χ0) is 19.7. The van der Waals surface area contributed by atoms with Gasteiger partial charge in [0.25, 0.3) is 0 Å². The first-order chi connectivity index (χ1) is 13.1. The van der Waals surface area contributed by atoms with Crippen LogP contribution in [0.4, 0.5) is 0 Å². The van der Waals surface area contributed by atoms with Crippen LogP contribution in [0.2, 0.25) is 3.43 Å². The van der Waals surface area contributed by atoms with Crippen molar-refractivity contribution in [2.45, 2.75) is 88.9 Å². The van der Waals surface area contributed by atoms with Gasteiger partial charge in [0.2, 0.25) is 0 Å². The van der Waals surface area contributed by atoms with Gasteiger partial charge in [-0.05, 0) is 0 Å². The molecule has 0 aliphatic carbocycles. The molecule has 0 saturated carbocycles. The topological polar surface area (TPSA) is 43.6 Å². The molecule has 0 unspecified atom stereocenters. The van der Waals surface area contributed by atoms with Gasteiger partial charge in [-0.3, -0.25) is 0 Å². The van der Waals surface area contributed by atoms with Gasteiger partial charge in [-0.25, -0.2) is 0 Å². The van der Waals surface area contributed by atoms with E-state index in [1.165, 1.54) is 67.2 Å². The molecule has 0 amide bonds. The summed E-state index contributed by atoms with van der Waals surface area (Å²) in [5, 5.41) is 9.19. The van der Waals surface area contributed by atoms with Gasteiger partial charge in [0.1, 0.15) is 0 Å². The summed E-state index contributed by atoms with van der Waals surface area (Å²) in [4.78, 5) is 4.34. The Bertz CT molecular complexity index is 679. The molecule has 2 aromatic rings. The third-order valence-electron chi connectivity index (χ3n) is 5.27. The summed E-state index contributed by atoms with van der Waals surface area (Å²) in [7, 11) is 0. The Morgan fingerprint density at radius 3 is 2.15 bits per heavy atom. The molecule has 0 atom stereocenters. The van der Waals surface area contributed by atoms with Crippen LogP contribution in [0, 0.1) is 6.92 Å². The first kappa shape index (κ1) is 22.9. The number of aromatic nitrogens is 4. The SMILES string of the molecule is CCCC[C](CCCC)(CCCC)[Sn][c]1nnn(-c2cccnc2Br)c1C. The molecule has 0 aliphatic heterocycles. The van der Waals surface area contributed by atoms with Gasteiger partial charge in [0.05, 0.1) is 0 Å². The van der Waals surface area contributed by atoms with Crippen molar-refractivity contribution in [3.8, 4) is 5.69 Å². The Labute approximate surface area is 183 Å². The molecule has 2 aromatic heterocycles. The molecular formula is C21H33BrN4Sn. The summed E-state index contributed by atoms with van der Waals surface area (Å²) in [6, 6.07) is 4.00. The van der Waals surface area contributed by atoms with Crippen molar-refractivity contribution < 1.29 is 0 Å². The molecule has 0 aromatic carbocycles. The van der Waals surface area contributed by atoms with E-state index in [0.29, 0.717) is 3.43 Å². The second-order valence-electron chi connectivity index (χ2n) is 7.46. The number of rotatable bonds is 12. The summed E-state index contributed by atoms with van der Waals surface area (Å²) in [5.41, 5.74) is 2.19. The van der Waals surface area contributed by atoms with Gasteiger partial charge in [-0.2, -0.15) is 0 Å². The average molecular weight is 540 g/mol. The van der Waals surface area contributed by atoms with Crippen molar-refractivity contribution >= 4 is 40.8 Å². The summed E-state index contributed by atoms with van der Waals surface area (Å²) >= 11 is 2.68. The van der Waals surface area contributed by atoms with Crippen LogP contribution < -0.4 is 3.71 Å². The van der Waals surface area contributed by atoms with Crippen LogP contribution in [0.3, 0.4) is 0 Å². The van der Waals surface area contributed by atoms with E-state index in [9.17, 15) is 0 Å². The summed E-state index contributed by atoms with van der Waals surface area (Å²) in [5.74, 6) is 0. The molecule has 2 radical (unpaired) electrons. The van der Waals surface area contributed by atoms with E-state index in [2.05, 4.69) is 58.9 Å². The Morgan fingerprint density at radius 2 is 1.63 bits per heavy atom. The zero-order valence-corrected chi connectivity index (χ0v) is 21.7. The number of hydrogen-bond acceptors (Lipinski definition) is 3. The second kappa shape index (κ2) is 11.5. The number of nitrogens with zero attached hydrogens (tertiary/aromatic N) is 4. The van der Waals surface area contributed by atoms with Crippen LogP contribution in [0.1, 0.15) is 84.3 Å². The third kappa shape index (κ3) is 6.28. The minimum atomic E-state index is -0.870. The van der Waals surface area contributed by atoms with Crippen molar-refractivity contribution in [2.75, 3.05) is 0 Å². The van der Waals surface area contributed by atoms with Crippen molar-refractivity contribution in [3.05, 3.63) is 28.6 Å². The maximum atomic E-state index is 4.68. The molecule has 0 saturated heterocycles. The van der Waals surface area contributed by atoms with Crippen LogP contribution >= 0.6 is 15.9 Å². The van der Waals surface area contributed by atoms with E-state index in [0.717, 1.165) is 10.3 Å². The predicted octanol–water partition coefficient (Wildman–Crippen LogP) is 5.79. The molecule has 2 rings (SSSR count). The summed E-state index contributed by atoms with van der Waals surface area (Å²) < 4.78 is 4.64. The Hall–Kier alpha value is -0.431. The van der Waals surface area contributed by atoms with E-state index in [-0.39, 0.29) is 0 Å². The van der Waals surface area contributed by atoms with Crippen molar-refractivity contribution in [2.24, 2.45) is 0 Å². The Morgan fingerprint density at radius 1 is 1.04 bits per heavy atom. The number of hydrogen-bond donors (Lipinski definition) is 0. The molecule has 148 valence electrons. The van der Waals surface area contributed by atoms with E-state index in [1.807, 2.05) is 16.8 Å². The minimum absolute atomic E-state index is 0.531.